The molecular weight excluding hydrogens is 306 g/mol. The lowest BCUT2D eigenvalue weighted by Crippen LogP contribution is -2.43. The van der Waals surface area contributed by atoms with Crippen molar-refractivity contribution in [2.45, 2.75) is 49.5 Å². The van der Waals surface area contributed by atoms with E-state index in [1.54, 1.807) is 7.11 Å². The maximum Gasteiger partial charge on any atom is 0.161 e. The van der Waals surface area contributed by atoms with E-state index in [0.717, 1.165) is 5.56 Å². The quantitative estimate of drug-likeness (QED) is 0.837. The van der Waals surface area contributed by atoms with Crippen LogP contribution in [-0.4, -0.2) is 36.1 Å². The number of rotatable bonds is 6. The highest BCUT2D eigenvalue weighted by atomic mass is 16.5. The SMILES string of the molecule is COc1ccc(C2(C#N)CCC(O)(CO)CC2)cc1OCC1CC1. The van der Waals surface area contributed by atoms with Gasteiger partial charge in [0.05, 0.1) is 37.4 Å². The zero-order chi connectivity index (χ0) is 17.2. The zero-order valence-corrected chi connectivity index (χ0v) is 14.1. The van der Waals surface area contributed by atoms with Gasteiger partial charge >= 0.3 is 0 Å². The van der Waals surface area contributed by atoms with Crippen LogP contribution in [0.2, 0.25) is 0 Å². The number of hydrogen-bond acceptors (Lipinski definition) is 5. The molecule has 0 heterocycles. The van der Waals surface area contributed by atoms with Gasteiger partial charge < -0.3 is 19.7 Å². The Balaban J connectivity index is 1.83. The average molecular weight is 331 g/mol. The number of hydrogen-bond donors (Lipinski definition) is 2. The summed E-state index contributed by atoms with van der Waals surface area (Å²) in [5, 5.41) is 29.4. The summed E-state index contributed by atoms with van der Waals surface area (Å²) in [6, 6.07) is 8.12. The van der Waals surface area contributed by atoms with Gasteiger partial charge in [-0.2, -0.15) is 5.26 Å². The third-order valence-electron chi connectivity index (χ3n) is 5.43. The Kier molecular flexibility index (Phi) is 4.71. The number of aliphatic hydroxyl groups is 2. The van der Waals surface area contributed by atoms with E-state index in [1.807, 2.05) is 18.2 Å². The van der Waals surface area contributed by atoms with Gasteiger partial charge in [-0.1, -0.05) is 6.07 Å². The fourth-order valence-electron chi connectivity index (χ4n) is 3.34. The Hall–Kier alpha value is -1.77. The standard InChI is InChI=1S/C19H25NO4/c1-23-16-5-4-15(10-17(16)24-11-14-2-3-14)18(12-20)6-8-19(22,13-21)9-7-18/h4-5,10,14,21-22H,2-3,6-9,11,13H2,1H3. The number of nitriles is 1. The Morgan fingerprint density at radius 2 is 1.92 bits per heavy atom. The van der Waals surface area contributed by atoms with Crippen LogP contribution in [-0.2, 0) is 5.41 Å². The number of ether oxygens (including phenoxy) is 2. The van der Waals surface area contributed by atoms with Crippen molar-refractivity contribution < 1.29 is 19.7 Å². The van der Waals surface area contributed by atoms with Crippen LogP contribution in [0.15, 0.2) is 18.2 Å². The van der Waals surface area contributed by atoms with Gasteiger partial charge in [-0.3, -0.25) is 0 Å². The molecule has 0 saturated heterocycles. The van der Waals surface area contributed by atoms with Gasteiger partial charge in [0, 0.05) is 0 Å². The lowest BCUT2D eigenvalue weighted by atomic mass is 9.66. The summed E-state index contributed by atoms with van der Waals surface area (Å²) in [5.74, 6) is 1.99. The maximum absolute atomic E-state index is 10.2. The predicted octanol–water partition coefficient (Wildman–Crippen LogP) is 2.54. The van der Waals surface area contributed by atoms with Gasteiger partial charge in [0.2, 0.25) is 0 Å². The van der Waals surface area contributed by atoms with Crippen LogP contribution in [0.4, 0.5) is 0 Å². The Morgan fingerprint density at radius 1 is 1.21 bits per heavy atom. The minimum Gasteiger partial charge on any atom is -0.493 e. The van der Waals surface area contributed by atoms with E-state index in [1.165, 1.54) is 12.8 Å². The normalized spacial score (nSPS) is 29.8. The summed E-state index contributed by atoms with van der Waals surface area (Å²) in [6.07, 6.45) is 4.31. The molecule has 5 heteroatoms. The molecule has 0 radical (unpaired) electrons. The Labute approximate surface area is 142 Å². The minimum atomic E-state index is -1.06. The highest BCUT2D eigenvalue weighted by Crippen LogP contribution is 2.45. The van der Waals surface area contributed by atoms with Gasteiger partial charge in [0.25, 0.3) is 0 Å². The van der Waals surface area contributed by atoms with Gasteiger partial charge in [0.1, 0.15) is 0 Å². The van der Waals surface area contributed by atoms with Gasteiger partial charge in [-0.15, -0.1) is 0 Å². The van der Waals surface area contributed by atoms with E-state index in [0.29, 0.717) is 49.7 Å². The first-order valence-corrected chi connectivity index (χ1v) is 8.60. The van der Waals surface area contributed by atoms with Crippen LogP contribution in [0, 0.1) is 17.2 Å². The van der Waals surface area contributed by atoms with Crippen molar-refractivity contribution in [2.75, 3.05) is 20.3 Å². The van der Waals surface area contributed by atoms with Crippen LogP contribution in [0.5, 0.6) is 11.5 Å². The monoisotopic (exact) mass is 331 g/mol. The first-order valence-electron chi connectivity index (χ1n) is 8.60. The van der Waals surface area contributed by atoms with E-state index >= 15 is 0 Å². The van der Waals surface area contributed by atoms with Crippen molar-refractivity contribution in [3.8, 4) is 17.6 Å². The average Bonchev–Trinajstić information content (AvgIpc) is 3.45. The zero-order valence-electron chi connectivity index (χ0n) is 14.1. The maximum atomic E-state index is 10.2. The molecule has 2 aliphatic rings. The molecule has 0 aliphatic heterocycles. The third-order valence-corrected chi connectivity index (χ3v) is 5.43. The fraction of sp³-hybridized carbons (Fsp3) is 0.632. The summed E-state index contributed by atoms with van der Waals surface area (Å²) >= 11 is 0. The molecular formula is C19H25NO4. The Morgan fingerprint density at radius 3 is 2.46 bits per heavy atom. The second kappa shape index (κ2) is 6.62. The van der Waals surface area contributed by atoms with Crippen molar-refractivity contribution in [2.24, 2.45) is 5.92 Å². The van der Waals surface area contributed by atoms with Crippen LogP contribution >= 0.6 is 0 Å². The summed E-state index contributed by atoms with van der Waals surface area (Å²) in [7, 11) is 1.61. The topological polar surface area (TPSA) is 82.7 Å². The molecule has 130 valence electrons. The predicted molar refractivity (Wildman–Crippen MR) is 89.0 cm³/mol. The van der Waals surface area contributed by atoms with E-state index in [9.17, 15) is 15.5 Å². The van der Waals surface area contributed by atoms with Crippen molar-refractivity contribution in [1.29, 1.82) is 5.26 Å². The molecule has 24 heavy (non-hydrogen) atoms. The van der Waals surface area contributed by atoms with Crippen LogP contribution in [0.25, 0.3) is 0 Å². The number of methoxy groups -OCH3 is 1. The van der Waals surface area contributed by atoms with E-state index in [-0.39, 0.29) is 6.61 Å². The highest BCUT2D eigenvalue weighted by Gasteiger charge is 2.43. The molecule has 2 saturated carbocycles. The smallest absolute Gasteiger partial charge is 0.161 e. The summed E-state index contributed by atoms with van der Waals surface area (Å²) in [5.41, 5.74) is -0.805. The second-order valence-electron chi connectivity index (χ2n) is 7.20. The van der Waals surface area contributed by atoms with Crippen molar-refractivity contribution in [1.82, 2.24) is 0 Å². The molecule has 0 spiro atoms. The van der Waals surface area contributed by atoms with E-state index in [2.05, 4.69) is 6.07 Å². The molecule has 2 fully saturated rings. The number of aliphatic hydroxyl groups excluding tert-OH is 1. The molecule has 0 atom stereocenters. The molecule has 3 rings (SSSR count). The van der Waals surface area contributed by atoms with Gasteiger partial charge in [-0.25, -0.2) is 0 Å². The molecule has 1 aromatic rings. The van der Waals surface area contributed by atoms with Crippen molar-refractivity contribution in [3.63, 3.8) is 0 Å². The lowest BCUT2D eigenvalue weighted by molar-refractivity contribution is -0.0514. The highest BCUT2D eigenvalue weighted by molar-refractivity contribution is 5.47. The summed E-state index contributed by atoms with van der Waals surface area (Å²) in [4.78, 5) is 0. The van der Waals surface area contributed by atoms with Gasteiger partial charge in [-0.05, 0) is 62.1 Å². The molecule has 0 amide bonds. The second-order valence-corrected chi connectivity index (χ2v) is 7.20. The Bertz CT molecular complexity index is 625. The summed E-state index contributed by atoms with van der Waals surface area (Å²) in [6.45, 7) is 0.427. The van der Waals surface area contributed by atoms with Crippen molar-refractivity contribution in [3.05, 3.63) is 23.8 Å². The van der Waals surface area contributed by atoms with Crippen LogP contribution in [0.1, 0.15) is 44.1 Å². The lowest BCUT2D eigenvalue weighted by Gasteiger charge is -2.39. The molecule has 0 aromatic heterocycles. The fourth-order valence-corrected chi connectivity index (χ4v) is 3.34. The van der Waals surface area contributed by atoms with E-state index in [4.69, 9.17) is 9.47 Å². The first-order chi connectivity index (χ1) is 11.5. The van der Waals surface area contributed by atoms with Crippen LogP contribution in [0.3, 0.4) is 0 Å². The molecule has 1 aromatic carbocycles. The third kappa shape index (κ3) is 3.35. The minimum absolute atomic E-state index is 0.257. The molecule has 0 bridgehead atoms. The van der Waals surface area contributed by atoms with E-state index < -0.39 is 11.0 Å². The molecule has 5 nitrogen and oxygen atoms in total. The number of nitrogens with zero attached hydrogens (tertiary/aromatic N) is 1. The molecule has 2 N–H and O–H groups in total. The van der Waals surface area contributed by atoms with Gasteiger partial charge in [0.15, 0.2) is 11.5 Å². The molecule has 2 aliphatic carbocycles. The van der Waals surface area contributed by atoms with Crippen molar-refractivity contribution >= 4 is 0 Å². The molecule has 0 unspecified atom stereocenters. The van der Waals surface area contributed by atoms with Crippen LogP contribution < -0.4 is 9.47 Å². The summed E-state index contributed by atoms with van der Waals surface area (Å²) < 4.78 is 11.3. The largest absolute Gasteiger partial charge is 0.493 e. The number of benzene rings is 1. The first kappa shape index (κ1) is 17.1.